The summed E-state index contributed by atoms with van der Waals surface area (Å²) in [6, 6.07) is 15.8. The van der Waals surface area contributed by atoms with Crippen LogP contribution in [0.15, 0.2) is 48.5 Å². The van der Waals surface area contributed by atoms with Crippen molar-refractivity contribution in [1.29, 1.82) is 5.26 Å². The molecule has 6 nitrogen and oxygen atoms in total. The molecule has 3 rings (SSSR count). The number of amides is 2. The Morgan fingerprint density at radius 3 is 2.92 bits per heavy atom. The van der Waals surface area contributed by atoms with E-state index in [2.05, 4.69) is 5.32 Å². The molecule has 0 atom stereocenters. The van der Waals surface area contributed by atoms with Gasteiger partial charge in [0.1, 0.15) is 12.3 Å². The van der Waals surface area contributed by atoms with E-state index in [1.807, 2.05) is 12.1 Å². The van der Waals surface area contributed by atoms with Gasteiger partial charge in [0.2, 0.25) is 11.8 Å². The lowest BCUT2D eigenvalue weighted by Gasteiger charge is -2.21. The number of nitrogens with zero attached hydrogens (tertiary/aromatic N) is 2. The second kappa shape index (κ2) is 6.84. The number of hydrogen-bond donors (Lipinski definition) is 1. The number of para-hydroxylation sites is 2. The summed E-state index contributed by atoms with van der Waals surface area (Å²) in [4.78, 5) is 26.0. The molecule has 0 fully saturated rings. The van der Waals surface area contributed by atoms with Crippen LogP contribution in [-0.2, 0) is 9.59 Å². The summed E-state index contributed by atoms with van der Waals surface area (Å²) in [7, 11) is 0. The minimum Gasteiger partial charge on any atom is -0.491 e. The lowest BCUT2D eigenvalue weighted by Crippen LogP contribution is -2.37. The number of carbonyl (C=O) groups excluding carboxylic acids is 2. The second-order valence-electron chi connectivity index (χ2n) is 5.29. The molecule has 2 aromatic rings. The maximum atomic E-state index is 12.3. The molecule has 120 valence electrons. The maximum absolute atomic E-state index is 12.3. The highest BCUT2D eigenvalue weighted by Crippen LogP contribution is 2.30. The topological polar surface area (TPSA) is 82.4 Å². The smallest absolute Gasteiger partial charge is 0.244 e. The van der Waals surface area contributed by atoms with Crippen LogP contribution in [0.2, 0.25) is 0 Å². The third kappa shape index (κ3) is 3.36. The molecule has 1 N–H and O–H groups in total. The molecule has 2 aromatic carbocycles. The largest absolute Gasteiger partial charge is 0.491 e. The first-order valence-corrected chi connectivity index (χ1v) is 7.49. The van der Waals surface area contributed by atoms with E-state index in [4.69, 9.17) is 10.00 Å². The monoisotopic (exact) mass is 321 g/mol. The number of hydrogen-bond acceptors (Lipinski definition) is 4. The summed E-state index contributed by atoms with van der Waals surface area (Å²) >= 11 is 0. The molecule has 0 saturated carbocycles. The molecule has 0 unspecified atom stereocenters. The number of ether oxygens (including phenoxy) is 1. The third-order valence-corrected chi connectivity index (χ3v) is 3.61. The van der Waals surface area contributed by atoms with Gasteiger partial charge >= 0.3 is 0 Å². The molecule has 1 heterocycles. The Hall–Kier alpha value is -3.33. The van der Waals surface area contributed by atoms with E-state index in [9.17, 15) is 9.59 Å². The van der Waals surface area contributed by atoms with Crippen molar-refractivity contribution in [2.24, 2.45) is 0 Å². The fourth-order valence-corrected chi connectivity index (χ4v) is 2.50. The molecule has 0 bridgehead atoms. The van der Waals surface area contributed by atoms with E-state index < -0.39 is 0 Å². The lowest BCUT2D eigenvalue weighted by molar-refractivity contribution is -0.121. The van der Waals surface area contributed by atoms with Gasteiger partial charge in [-0.1, -0.05) is 18.2 Å². The molecule has 1 aliphatic heterocycles. The van der Waals surface area contributed by atoms with Crippen molar-refractivity contribution in [2.45, 2.75) is 6.42 Å². The minimum atomic E-state index is -0.338. The zero-order valence-corrected chi connectivity index (χ0v) is 12.9. The number of nitriles is 1. The van der Waals surface area contributed by atoms with Gasteiger partial charge in [-0.05, 0) is 30.3 Å². The first kappa shape index (κ1) is 15.6. The standard InChI is InChI=1S/C18H15N3O3/c19-11-13-4-3-5-14(10-13)20-17(22)12-21-15-6-1-2-7-16(15)24-9-8-18(21)23/h1-7,10H,8-9,12H2,(H,20,22). The molecule has 0 spiro atoms. The number of rotatable bonds is 3. The average molecular weight is 321 g/mol. The molecule has 0 saturated heterocycles. The van der Waals surface area contributed by atoms with Gasteiger partial charge < -0.3 is 10.1 Å². The molecule has 6 heteroatoms. The van der Waals surface area contributed by atoms with Gasteiger partial charge in [0.05, 0.1) is 30.3 Å². The summed E-state index contributed by atoms with van der Waals surface area (Å²) in [6.45, 7) is 0.175. The van der Waals surface area contributed by atoms with Gasteiger partial charge in [0, 0.05) is 5.69 Å². The molecule has 1 aliphatic rings. The summed E-state index contributed by atoms with van der Waals surface area (Å²) in [5.74, 6) is 0.0821. The normalized spacial score (nSPS) is 13.3. The molecule has 0 aromatic heterocycles. The van der Waals surface area contributed by atoms with Crippen molar-refractivity contribution in [2.75, 3.05) is 23.4 Å². The average Bonchev–Trinajstić information content (AvgIpc) is 2.74. The Balaban J connectivity index is 1.78. The highest BCUT2D eigenvalue weighted by atomic mass is 16.5. The van der Waals surface area contributed by atoms with E-state index >= 15 is 0 Å². The Bertz CT molecular complexity index is 826. The number of nitrogens with one attached hydrogen (secondary N) is 1. The number of benzene rings is 2. The first-order valence-electron chi connectivity index (χ1n) is 7.49. The fourth-order valence-electron chi connectivity index (χ4n) is 2.50. The van der Waals surface area contributed by atoms with Crippen LogP contribution in [0.5, 0.6) is 5.75 Å². The van der Waals surface area contributed by atoms with Crippen LogP contribution >= 0.6 is 0 Å². The molecule has 0 radical (unpaired) electrons. The van der Waals surface area contributed by atoms with Gasteiger partial charge in [-0.25, -0.2) is 0 Å². The Morgan fingerprint density at radius 1 is 1.25 bits per heavy atom. The van der Waals surface area contributed by atoms with Crippen LogP contribution in [-0.4, -0.2) is 25.0 Å². The van der Waals surface area contributed by atoms with Crippen molar-refractivity contribution in [3.05, 3.63) is 54.1 Å². The van der Waals surface area contributed by atoms with E-state index in [0.29, 0.717) is 22.7 Å². The maximum Gasteiger partial charge on any atom is 0.244 e. The van der Waals surface area contributed by atoms with Gasteiger partial charge in [0.25, 0.3) is 0 Å². The van der Waals surface area contributed by atoms with Crippen LogP contribution in [0.3, 0.4) is 0 Å². The fraction of sp³-hybridized carbons (Fsp3) is 0.167. The summed E-state index contributed by atoms with van der Waals surface area (Å²) in [6.07, 6.45) is 0.214. The van der Waals surface area contributed by atoms with Gasteiger partial charge in [-0.3, -0.25) is 14.5 Å². The molecule has 0 aliphatic carbocycles. The zero-order chi connectivity index (χ0) is 16.9. The van der Waals surface area contributed by atoms with Crippen molar-refractivity contribution < 1.29 is 14.3 Å². The zero-order valence-electron chi connectivity index (χ0n) is 12.9. The molecule has 2 amide bonds. The number of anilines is 2. The number of fused-ring (bicyclic) bond motifs is 1. The number of carbonyl (C=O) groups is 2. The minimum absolute atomic E-state index is 0.115. The van der Waals surface area contributed by atoms with Crippen molar-refractivity contribution >= 4 is 23.2 Å². The highest BCUT2D eigenvalue weighted by molar-refractivity contribution is 6.03. The predicted molar refractivity (Wildman–Crippen MR) is 88.7 cm³/mol. The van der Waals surface area contributed by atoms with Gasteiger partial charge in [-0.15, -0.1) is 0 Å². The summed E-state index contributed by atoms with van der Waals surface area (Å²) < 4.78 is 5.55. The van der Waals surface area contributed by atoms with Crippen LogP contribution in [0.25, 0.3) is 0 Å². The third-order valence-electron chi connectivity index (χ3n) is 3.61. The summed E-state index contributed by atoms with van der Waals surface area (Å²) in [5, 5.41) is 11.6. The van der Waals surface area contributed by atoms with E-state index in [0.717, 1.165) is 0 Å². The van der Waals surface area contributed by atoms with Crippen molar-refractivity contribution in [3.63, 3.8) is 0 Å². The van der Waals surface area contributed by atoms with Gasteiger partial charge in [-0.2, -0.15) is 5.26 Å². The highest BCUT2D eigenvalue weighted by Gasteiger charge is 2.25. The van der Waals surface area contributed by atoms with E-state index in [1.54, 1.807) is 42.5 Å². The van der Waals surface area contributed by atoms with Crippen LogP contribution in [0.4, 0.5) is 11.4 Å². The Morgan fingerprint density at radius 2 is 2.08 bits per heavy atom. The van der Waals surface area contributed by atoms with Crippen LogP contribution in [0.1, 0.15) is 12.0 Å². The Kier molecular flexibility index (Phi) is 4.43. The van der Waals surface area contributed by atoms with Crippen LogP contribution < -0.4 is 15.0 Å². The first-order chi connectivity index (χ1) is 11.7. The van der Waals surface area contributed by atoms with E-state index in [1.165, 1.54) is 4.90 Å². The lowest BCUT2D eigenvalue weighted by atomic mass is 10.2. The van der Waals surface area contributed by atoms with Crippen molar-refractivity contribution in [1.82, 2.24) is 0 Å². The SMILES string of the molecule is N#Cc1cccc(NC(=O)CN2C(=O)CCOc3ccccc32)c1. The summed E-state index contributed by atoms with van der Waals surface area (Å²) in [5.41, 5.74) is 1.56. The van der Waals surface area contributed by atoms with Gasteiger partial charge in [0.15, 0.2) is 0 Å². The van der Waals surface area contributed by atoms with E-state index in [-0.39, 0.29) is 31.4 Å². The molecule has 24 heavy (non-hydrogen) atoms. The van der Waals surface area contributed by atoms with Crippen molar-refractivity contribution in [3.8, 4) is 11.8 Å². The Labute approximate surface area is 139 Å². The molecular formula is C18H15N3O3. The second-order valence-corrected chi connectivity index (χ2v) is 5.29. The quantitative estimate of drug-likeness (QED) is 0.940. The molecular weight excluding hydrogens is 306 g/mol. The van der Waals surface area contributed by atoms with Crippen LogP contribution in [0, 0.1) is 11.3 Å². The predicted octanol–water partition coefficient (Wildman–Crippen LogP) is 2.31.